The van der Waals surface area contributed by atoms with E-state index in [1.165, 1.54) is 25.0 Å². The Labute approximate surface area is 197 Å². The maximum absolute atomic E-state index is 13.0. The van der Waals surface area contributed by atoms with Crippen LogP contribution in [0, 0.1) is 18.3 Å². The van der Waals surface area contributed by atoms with Crippen molar-refractivity contribution >= 4 is 34.8 Å². The first kappa shape index (κ1) is 25.0. The van der Waals surface area contributed by atoms with Crippen molar-refractivity contribution in [2.45, 2.75) is 25.7 Å². The summed E-state index contributed by atoms with van der Waals surface area (Å²) in [6, 6.07) is 4.84. The van der Waals surface area contributed by atoms with Gasteiger partial charge in [0.2, 0.25) is 5.91 Å². The highest BCUT2D eigenvalue weighted by Crippen LogP contribution is 2.37. The van der Waals surface area contributed by atoms with E-state index in [1.54, 1.807) is 12.1 Å². The van der Waals surface area contributed by atoms with E-state index in [0.29, 0.717) is 30.1 Å². The quantitative estimate of drug-likeness (QED) is 0.625. The molecule has 13 heteroatoms. The van der Waals surface area contributed by atoms with Crippen molar-refractivity contribution in [2.75, 3.05) is 38.2 Å². The molecule has 0 aliphatic carbocycles. The van der Waals surface area contributed by atoms with E-state index in [2.05, 4.69) is 5.10 Å². The second-order valence-electron chi connectivity index (χ2n) is 7.35. The van der Waals surface area contributed by atoms with Crippen molar-refractivity contribution in [3.63, 3.8) is 0 Å². The lowest BCUT2D eigenvalue weighted by Gasteiger charge is -2.37. The highest BCUT2D eigenvalue weighted by atomic mass is 35.5. The molecule has 2 heterocycles. The molecule has 0 radical (unpaired) electrons. The van der Waals surface area contributed by atoms with Gasteiger partial charge in [0.05, 0.1) is 28.9 Å². The fourth-order valence-corrected chi connectivity index (χ4v) is 4.05. The molecule has 1 aliphatic heterocycles. The van der Waals surface area contributed by atoms with E-state index in [1.807, 2.05) is 4.90 Å². The number of aliphatic hydroxyl groups excluding tert-OH is 1. The molecule has 0 saturated carbocycles. The van der Waals surface area contributed by atoms with Crippen LogP contribution >= 0.6 is 23.2 Å². The minimum Gasteiger partial charge on any atom is -0.495 e. The van der Waals surface area contributed by atoms with Gasteiger partial charge in [-0.3, -0.25) is 9.48 Å². The number of hydrogen-bond acceptors (Lipinski definition) is 6. The van der Waals surface area contributed by atoms with E-state index in [-0.39, 0.29) is 30.4 Å². The summed E-state index contributed by atoms with van der Waals surface area (Å²) in [7, 11) is 1.44. The monoisotopic (exact) mass is 505 g/mol. The number of aliphatic hydroxyl groups is 1. The van der Waals surface area contributed by atoms with Gasteiger partial charge in [-0.1, -0.05) is 23.2 Å². The Morgan fingerprint density at radius 3 is 2.45 bits per heavy atom. The highest BCUT2D eigenvalue weighted by molar-refractivity contribution is 6.32. The third-order valence-corrected chi connectivity index (χ3v) is 6.13. The SMILES string of the molecule is COc1cc(N2CCN(C(=O)Cn3nc(C(F)(F)F)c(Cl)c3C)CC2)c(C(O)C#N)cc1Cl. The molecule has 33 heavy (non-hydrogen) atoms. The Morgan fingerprint density at radius 2 is 1.94 bits per heavy atom. The first-order valence-electron chi connectivity index (χ1n) is 9.75. The summed E-state index contributed by atoms with van der Waals surface area (Å²) in [6.07, 6.45) is -6.12. The molecule has 8 nitrogen and oxygen atoms in total. The van der Waals surface area contributed by atoms with Crippen molar-refractivity contribution in [3.8, 4) is 11.8 Å². The number of ether oxygens (including phenoxy) is 1. The average molecular weight is 506 g/mol. The number of anilines is 1. The zero-order valence-electron chi connectivity index (χ0n) is 17.7. The maximum Gasteiger partial charge on any atom is 0.436 e. The van der Waals surface area contributed by atoms with E-state index >= 15 is 0 Å². The number of nitriles is 1. The van der Waals surface area contributed by atoms with E-state index in [4.69, 9.17) is 33.2 Å². The summed E-state index contributed by atoms with van der Waals surface area (Å²) < 4.78 is 45.2. The van der Waals surface area contributed by atoms with Crippen LogP contribution in [-0.4, -0.2) is 59.0 Å². The van der Waals surface area contributed by atoms with Crippen LogP contribution in [0.25, 0.3) is 0 Å². The molecule has 178 valence electrons. The Morgan fingerprint density at radius 1 is 1.30 bits per heavy atom. The number of hydrogen-bond donors (Lipinski definition) is 1. The molecule has 1 fully saturated rings. The lowest BCUT2D eigenvalue weighted by atomic mass is 10.1. The van der Waals surface area contributed by atoms with Gasteiger partial charge in [0, 0.05) is 43.5 Å². The predicted molar refractivity (Wildman–Crippen MR) is 114 cm³/mol. The van der Waals surface area contributed by atoms with Gasteiger partial charge in [-0.05, 0) is 13.0 Å². The summed E-state index contributed by atoms with van der Waals surface area (Å²) in [5.74, 6) is -0.0396. The minimum atomic E-state index is -4.72. The molecule has 1 atom stereocenters. The Bertz CT molecular complexity index is 1090. The smallest absolute Gasteiger partial charge is 0.436 e. The summed E-state index contributed by atoms with van der Waals surface area (Å²) >= 11 is 11.9. The number of carbonyl (C=O) groups is 1. The number of alkyl halides is 3. The molecule has 1 saturated heterocycles. The molecule has 1 aliphatic rings. The molecule has 1 aromatic carbocycles. The van der Waals surface area contributed by atoms with Crippen LogP contribution in [-0.2, 0) is 17.5 Å². The zero-order valence-corrected chi connectivity index (χ0v) is 19.2. The number of aromatic nitrogens is 2. The number of rotatable bonds is 5. The zero-order chi connectivity index (χ0) is 24.5. The fraction of sp³-hybridized carbons (Fsp3) is 0.450. The van der Waals surface area contributed by atoms with Gasteiger partial charge in [0.25, 0.3) is 0 Å². The van der Waals surface area contributed by atoms with Gasteiger partial charge in [0.1, 0.15) is 12.3 Å². The summed E-state index contributed by atoms with van der Waals surface area (Å²) in [4.78, 5) is 16.1. The summed E-state index contributed by atoms with van der Waals surface area (Å²) in [6.45, 7) is 2.24. The summed E-state index contributed by atoms with van der Waals surface area (Å²) in [5.41, 5.74) is -0.314. The lowest BCUT2D eigenvalue weighted by molar-refractivity contribution is -0.142. The normalized spacial score (nSPS) is 15.4. The molecule has 1 aromatic heterocycles. The van der Waals surface area contributed by atoms with Crippen molar-refractivity contribution in [1.82, 2.24) is 14.7 Å². The van der Waals surface area contributed by atoms with Gasteiger partial charge in [-0.2, -0.15) is 23.5 Å². The van der Waals surface area contributed by atoms with Gasteiger partial charge in [-0.15, -0.1) is 0 Å². The largest absolute Gasteiger partial charge is 0.495 e. The average Bonchev–Trinajstić information content (AvgIpc) is 3.07. The molecule has 1 unspecified atom stereocenters. The molecular weight excluding hydrogens is 486 g/mol. The molecule has 0 spiro atoms. The maximum atomic E-state index is 13.0. The number of benzene rings is 1. The van der Waals surface area contributed by atoms with Crippen molar-refractivity contribution in [3.05, 3.63) is 39.1 Å². The topological polar surface area (TPSA) is 94.6 Å². The Kier molecular flexibility index (Phi) is 7.31. The first-order chi connectivity index (χ1) is 15.5. The molecule has 0 bridgehead atoms. The Balaban J connectivity index is 1.73. The number of piperazine rings is 1. The van der Waals surface area contributed by atoms with Crippen molar-refractivity contribution in [1.29, 1.82) is 5.26 Å². The molecule has 2 aromatic rings. The van der Waals surface area contributed by atoms with Crippen LogP contribution in [0.4, 0.5) is 18.9 Å². The van der Waals surface area contributed by atoms with Crippen molar-refractivity contribution < 1.29 is 27.8 Å². The van der Waals surface area contributed by atoms with Crippen LogP contribution in [0.3, 0.4) is 0 Å². The number of amides is 1. The predicted octanol–water partition coefficient (Wildman–Crippen LogP) is 3.43. The number of methoxy groups -OCH3 is 1. The van der Waals surface area contributed by atoms with Gasteiger partial charge in [-0.25, -0.2) is 0 Å². The molecule has 1 amide bonds. The Hall–Kier alpha value is -2.68. The lowest BCUT2D eigenvalue weighted by Crippen LogP contribution is -2.50. The number of carbonyl (C=O) groups excluding carboxylic acids is 1. The van der Waals surface area contributed by atoms with Crippen LogP contribution in [0.2, 0.25) is 10.0 Å². The second kappa shape index (κ2) is 9.67. The van der Waals surface area contributed by atoms with E-state index in [9.17, 15) is 23.1 Å². The fourth-order valence-electron chi connectivity index (χ4n) is 3.56. The van der Waals surface area contributed by atoms with Crippen LogP contribution in [0.5, 0.6) is 5.75 Å². The molecule has 3 rings (SSSR count). The van der Waals surface area contributed by atoms with Crippen molar-refractivity contribution in [2.24, 2.45) is 0 Å². The molecule has 1 N–H and O–H groups in total. The van der Waals surface area contributed by atoms with Gasteiger partial charge in [0.15, 0.2) is 11.8 Å². The number of nitrogens with zero attached hydrogens (tertiary/aromatic N) is 5. The standard InChI is InChI=1S/C20H20Cl2F3N5O3/c1-11-18(22)19(20(23,24)25)27-30(11)10-17(32)29-5-3-28(4-6-29)14-8-16(33-2)13(21)7-12(14)15(31)9-26/h7-8,15,31H,3-6,10H2,1-2H3. The number of halogens is 5. The second-order valence-corrected chi connectivity index (χ2v) is 8.13. The minimum absolute atomic E-state index is 0.0550. The van der Waals surface area contributed by atoms with Crippen LogP contribution in [0.1, 0.15) is 23.1 Å². The van der Waals surface area contributed by atoms with Gasteiger partial charge < -0.3 is 19.6 Å². The van der Waals surface area contributed by atoms with Crippen LogP contribution in [0.15, 0.2) is 12.1 Å². The summed E-state index contributed by atoms with van der Waals surface area (Å²) in [5, 5.41) is 22.4. The van der Waals surface area contributed by atoms with E-state index < -0.39 is 28.9 Å². The third-order valence-electron chi connectivity index (χ3n) is 5.38. The molecular formula is C20H20Cl2F3N5O3. The highest BCUT2D eigenvalue weighted by Gasteiger charge is 2.38. The van der Waals surface area contributed by atoms with Gasteiger partial charge >= 0.3 is 6.18 Å². The van der Waals surface area contributed by atoms with E-state index in [0.717, 1.165) is 4.68 Å². The third kappa shape index (κ3) is 5.13. The van der Waals surface area contributed by atoms with Crippen LogP contribution < -0.4 is 9.64 Å². The first-order valence-corrected chi connectivity index (χ1v) is 10.5.